The predicted octanol–water partition coefficient (Wildman–Crippen LogP) is 0.716. The third-order valence-electron chi connectivity index (χ3n) is 2.09. The van der Waals surface area contributed by atoms with Gasteiger partial charge in [-0.25, -0.2) is 9.48 Å². The number of aromatic hydroxyl groups is 1. The summed E-state index contributed by atoms with van der Waals surface area (Å²) in [7, 11) is 1.26. The van der Waals surface area contributed by atoms with Gasteiger partial charge in [0.05, 0.1) is 12.8 Å². The monoisotopic (exact) mass is 258 g/mol. The summed E-state index contributed by atoms with van der Waals surface area (Å²) in [5.74, 6) is -0.684. The van der Waals surface area contributed by atoms with E-state index in [1.165, 1.54) is 17.9 Å². The number of carbonyl (C=O) groups excluding carboxylic acids is 1. The Hall–Kier alpha value is -0.664. The molecule has 0 atom stereocenters. The Morgan fingerprint density at radius 1 is 1.35 bits per heavy atom. The van der Waals surface area contributed by atoms with Crippen LogP contribution >= 0.6 is 0 Å². The average molecular weight is 258 g/mol. The fraction of sp³-hybridized carbons (Fsp3) is 0.0909. The van der Waals surface area contributed by atoms with Crippen molar-refractivity contribution in [3.05, 3.63) is 42.1 Å². The van der Waals surface area contributed by atoms with Crippen molar-refractivity contribution in [2.45, 2.75) is 0 Å². The van der Waals surface area contributed by atoms with E-state index in [0.29, 0.717) is 5.69 Å². The second-order valence-electron chi connectivity index (χ2n) is 3.13. The van der Waals surface area contributed by atoms with Crippen LogP contribution in [0.4, 0.5) is 0 Å². The minimum absolute atomic E-state index is 0. The van der Waals surface area contributed by atoms with Gasteiger partial charge < -0.3 is 9.84 Å². The first kappa shape index (κ1) is 14.4. The topological polar surface area (TPSA) is 64.3 Å². The van der Waals surface area contributed by atoms with E-state index >= 15 is 0 Å². The zero-order valence-corrected chi connectivity index (χ0v) is 8.62. The number of aromatic nitrogens is 2. The first-order chi connectivity index (χ1) is 7.72. The van der Waals surface area contributed by atoms with Crippen LogP contribution < -0.4 is 0 Å². The summed E-state index contributed by atoms with van der Waals surface area (Å²) in [5.41, 5.74) is 0.749. The number of carbonyl (C=O) groups is 1. The van der Waals surface area contributed by atoms with Crippen LogP contribution in [0.15, 0.2) is 36.4 Å². The number of esters is 1. The van der Waals surface area contributed by atoms with Crippen molar-refractivity contribution < 1.29 is 14.6 Å². The zero-order chi connectivity index (χ0) is 11.5. The molecule has 0 spiro atoms. The van der Waals surface area contributed by atoms with Crippen LogP contribution in [0.5, 0.6) is 5.88 Å². The van der Waals surface area contributed by atoms with Crippen molar-refractivity contribution in [2.24, 2.45) is 0 Å². The normalized spacial score (nSPS) is 9.47. The molecule has 0 radical (unpaired) electrons. The molecule has 2 rings (SSSR count). The molecule has 5 nitrogen and oxygen atoms in total. The van der Waals surface area contributed by atoms with Gasteiger partial charge in [0.1, 0.15) is 0 Å². The van der Waals surface area contributed by atoms with Crippen LogP contribution in [0.3, 0.4) is 0 Å². The maximum absolute atomic E-state index is 11.2. The van der Waals surface area contributed by atoms with E-state index in [2.05, 4.69) is 9.84 Å². The van der Waals surface area contributed by atoms with Crippen molar-refractivity contribution in [1.29, 1.82) is 0 Å². The molecule has 1 aromatic heterocycles. The number of hydrogen-bond donors (Lipinski definition) is 1. The van der Waals surface area contributed by atoms with Gasteiger partial charge in [-0.3, -0.25) is 0 Å². The summed E-state index contributed by atoms with van der Waals surface area (Å²) < 4.78 is 5.78. The quantitative estimate of drug-likeness (QED) is 0.636. The maximum atomic E-state index is 11.2. The van der Waals surface area contributed by atoms with E-state index in [4.69, 9.17) is 0 Å². The number of ether oxygens (including phenoxy) is 1. The average Bonchev–Trinajstić information content (AvgIpc) is 2.71. The molecule has 0 saturated heterocycles. The van der Waals surface area contributed by atoms with E-state index in [-0.39, 0.29) is 63.0 Å². The predicted molar refractivity (Wildman–Crippen MR) is 63.7 cm³/mol. The number of methoxy groups -OCH3 is 1. The van der Waals surface area contributed by atoms with Gasteiger partial charge in [0, 0.05) is 6.07 Å². The summed E-state index contributed by atoms with van der Waals surface area (Å²) in [6.45, 7) is 0. The summed E-state index contributed by atoms with van der Waals surface area (Å²) in [5, 5.41) is 13.6. The third kappa shape index (κ3) is 3.17. The Morgan fingerprint density at radius 2 is 2.00 bits per heavy atom. The van der Waals surface area contributed by atoms with E-state index in [0.717, 1.165) is 0 Å². The number of hydrogen-bond acceptors (Lipinski definition) is 4. The SMILES string of the molecule is COC(=O)c1cc(O)n(-c2ccccc2)n1.[KH]. The standard InChI is InChI=1S/C11H10N2O3.K.H/c1-16-11(15)9-7-10(14)13(12-9)8-5-3-2-4-6-8;;/h2-7,14H,1H3;;. The molecule has 1 aromatic carbocycles. The van der Waals surface area contributed by atoms with Crippen LogP contribution in [0, 0.1) is 0 Å². The van der Waals surface area contributed by atoms with Crippen LogP contribution in [-0.4, -0.2) is 79.4 Å². The van der Waals surface area contributed by atoms with Gasteiger partial charge in [0.25, 0.3) is 0 Å². The number of para-hydroxylation sites is 1. The molecule has 0 fully saturated rings. The van der Waals surface area contributed by atoms with E-state index in [1.54, 1.807) is 12.1 Å². The molecule has 17 heavy (non-hydrogen) atoms. The molecular weight excluding hydrogens is 247 g/mol. The Labute approximate surface area is 141 Å². The van der Waals surface area contributed by atoms with Gasteiger partial charge in [-0.15, -0.1) is 0 Å². The van der Waals surface area contributed by atoms with Crippen molar-refractivity contribution in [2.75, 3.05) is 7.11 Å². The molecule has 0 saturated carbocycles. The summed E-state index contributed by atoms with van der Waals surface area (Å²) in [4.78, 5) is 11.2. The second-order valence-corrected chi connectivity index (χ2v) is 3.13. The van der Waals surface area contributed by atoms with Crippen LogP contribution in [0.1, 0.15) is 10.5 Å². The first-order valence-corrected chi connectivity index (χ1v) is 4.65. The molecule has 0 aliphatic rings. The fourth-order valence-corrected chi connectivity index (χ4v) is 1.33. The second kappa shape index (κ2) is 6.32. The molecule has 0 aliphatic carbocycles. The van der Waals surface area contributed by atoms with Crippen molar-refractivity contribution >= 4 is 57.4 Å². The van der Waals surface area contributed by atoms with Crippen molar-refractivity contribution in [3.63, 3.8) is 0 Å². The Balaban J connectivity index is 0.00000144. The van der Waals surface area contributed by atoms with Gasteiger partial charge >= 0.3 is 57.4 Å². The van der Waals surface area contributed by atoms with Crippen LogP contribution in [-0.2, 0) is 4.74 Å². The molecule has 0 aliphatic heterocycles. The molecule has 1 N–H and O–H groups in total. The first-order valence-electron chi connectivity index (χ1n) is 4.65. The summed E-state index contributed by atoms with van der Waals surface area (Å²) >= 11 is 0. The zero-order valence-electron chi connectivity index (χ0n) is 8.62. The Bertz CT molecular complexity index is 511. The van der Waals surface area contributed by atoms with Crippen molar-refractivity contribution in [1.82, 2.24) is 9.78 Å². The van der Waals surface area contributed by atoms with E-state index in [9.17, 15) is 9.90 Å². The van der Waals surface area contributed by atoms with Gasteiger partial charge in [0.2, 0.25) is 5.88 Å². The van der Waals surface area contributed by atoms with Gasteiger partial charge in [0.15, 0.2) is 5.69 Å². The molecule has 84 valence electrons. The Kier molecular flexibility index (Phi) is 5.35. The van der Waals surface area contributed by atoms with Crippen LogP contribution in [0.25, 0.3) is 5.69 Å². The van der Waals surface area contributed by atoms with Crippen molar-refractivity contribution in [3.8, 4) is 11.6 Å². The minimum atomic E-state index is -0.579. The number of benzene rings is 1. The number of nitrogens with zero attached hydrogens (tertiary/aromatic N) is 2. The number of rotatable bonds is 2. The Morgan fingerprint density at radius 3 is 2.59 bits per heavy atom. The summed E-state index contributed by atoms with van der Waals surface area (Å²) in [6, 6.07) is 10.3. The molecule has 1 heterocycles. The van der Waals surface area contributed by atoms with E-state index in [1.807, 2.05) is 18.2 Å². The molecule has 0 amide bonds. The van der Waals surface area contributed by atoms with Gasteiger partial charge in [-0.1, -0.05) is 18.2 Å². The van der Waals surface area contributed by atoms with E-state index < -0.39 is 5.97 Å². The van der Waals surface area contributed by atoms with Gasteiger partial charge in [-0.05, 0) is 12.1 Å². The molecule has 6 heteroatoms. The van der Waals surface area contributed by atoms with Gasteiger partial charge in [-0.2, -0.15) is 5.10 Å². The van der Waals surface area contributed by atoms with Crippen LogP contribution in [0.2, 0.25) is 0 Å². The molecule has 2 aromatic rings. The summed E-state index contributed by atoms with van der Waals surface area (Å²) in [6.07, 6.45) is 0. The third-order valence-corrected chi connectivity index (χ3v) is 2.09. The molecule has 0 unspecified atom stereocenters. The fourth-order valence-electron chi connectivity index (χ4n) is 1.33. The molecule has 0 bridgehead atoms. The molecular formula is C11H11KN2O3.